The van der Waals surface area contributed by atoms with Crippen LogP contribution in [0.4, 0.5) is 0 Å². The molecule has 11 nitrogen and oxygen atoms in total. The lowest BCUT2D eigenvalue weighted by molar-refractivity contribution is -0.140. The number of Topliss-reactive ketones (excluding diaryl/α,β-unsaturated/α-hetero) is 1. The minimum Gasteiger partial charge on any atom is -0.342 e. The molecule has 3 heterocycles. The Morgan fingerprint density at radius 2 is 1.81 bits per heavy atom. The predicted octanol–water partition coefficient (Wildman–Crippen LogP) is 1.36. The Balaban J connectivity index is 1.64. The van der Waals surface area contributed by atoms with Gasteiger partial charge < -0.3 is 5.32 Å². The molecule has 4 rings (SSSR count). The zero-order valence-corrected chi connectivity index (χ0v) is 17.0. The Labute approximate surface area is 177 Å². The second-order valence-corrected chi connectivity index (χ2v) is 7.22. The van der Waals surface area contributed by atoms with Crippen molar-refractivity contribution in [1.82, 2.24) is 46.6 Å². The summed E-state index contributed by atoms with van der Waals surface area (Å²) in [5, 5.41) is 30.8. The van der Waals surface area contributed by atoms with Gasteiger partial charge in [-0.3, -0.25) is 9.59 Å². The van der Waals surface area contributed by atoms with E-state index in [0.717, 1.165) is 22.3 Å². The average Bonchev–Trinajstić information content (AvgIpc) is 3.51. The number of rotatable bonds is 6. The molecule has 1 amide bonds. The normalized spacial score (nSPS) is 20.1. The van der Waals surface area contributed by atoms with Crippen molar-refractivity contribution >= 4 is 17.3 Å². The highest BCUT2D eigenvalue weighted by Gasteiger charge is 2.36. The number of tetrazole rings is 2. The number of aromatic amines is 2. The molecule has 2 aromatic heterocycles. The third kappa shape index (κ3) is 4.29. The summed E-state index contributed by atoms with van der Waals surface area (Å²) in [5.74, 6) is -0.162. The van der Waals surface area contributed by atoms with Crippen LogP contribution in [-0.2, 0) is 9.59 Å². The van der Waals surface area contributed by atoms with Crippen LogP contribution in [0.5, 0.6) is 0 Å². The summed E-state index contributed by atoms with van der Waals surface area (Å²) in [4.78, 5) is 24.4. The Kier molecular flexibility index (Phi) is 5.74. The van der Waals surface area contributed by atoms with E-state index in [4.69, 9.17) is 0 Å². The van der Waals surface area contributed by atoms with E-state index >= 15 is 0 Å². The van der Waals surface area contributed by atoms with Gasteiger partial charge in [0.25, 0.3) is 5.91 Å². The van der Waals surface area contributed by atoms with E-state index in [-0.39, 0.29) is 18.4 Å². The highest BCUT2D eigenvalue weighted by molar-refractivity contribution is 6.37. The molecular formula is C20H21N9O2. The number of nitrogens with zero attached hydrogens (tertiary/aromatic N) is 6. The van der Waals surface area contributed by atoms with Crippen LogP contribution in [0.2, 0.25) is 0 Å². The van der Waals surface area contributed by atoms with Crippen molar-refractivity contribution < 1.29 is 9.59 Å². The fourth-order valence-corrected chi connectivity index (χ4v) is 3.63. The quantitative estimate of drug-likeness (QED) is 0.399. The third-order valence-corrected chi connectivity index (χ3v) is 5.34. The smallest absolute Gasteiger partial charge is 0.287 e. The maximum absolute atomic E-state index is 12.2. The van der Waals surface area contributed by atoms with Crippen LogP contribution in [-0.4, -0.2) is 59.0 Å². The van der Waals surface area contributed by atoms with Crippen molar-refractivity contribution in [2.24, 2.45) is 0 Å². The summed E-state index contributed by atoms with van der Waals surface area (Å²) in [7, 11) is 0. The van der Waals surface area contributed by atoms with Gasteiger partial charge in [-0.05, 0) is 40.5 Å². The van der Waals surface area contributed by atoms with Gasteiger partial charge in [-0.25, -0.2) is 0 Å². The van der Waals surface area contributed by atoms with Gasteiger partial charge in [0.15, 0.2) is 5.82 Å². The zero-order chi connectivity index (χ0) is 21.8. The van der Waals surface area contributed by atoms with Crippen LogP contribution in [0.3, 0.4) is 0 Å². The van der Waals surface area contributed by atoms with Crippen molar-refractivity contribution in [1.29, 1.82) is 0 Å². The van der Waals surface area contributed by atoms with E-state index in [2.05, 4.69) is 46.6 Å². The molecule has 2 unspecified atom stereocenters. The minimum atomic E-state index is -0.553. The lowest BCUT2D eigenvalue weighted by atomic mass is 9.79. The molecule has 1 aromatic carbocycles. The molecule has 1 saturated heterocycles. The molecule has 3 N–H and O–H groups in total. The number of benzene rings is 1. The lowest BCUT2D eigenvalue weighted by Gasteiger charge is -2.33. The number of hydrogen-bond donors (Lipinski definition) is 3. The number of amides is 1. The summed E-state index contributed by atoms with van der Waals surface area (Å²) >= 11 is 0. The molecule has 1 aliphatic rings. The average molecular weight is 419 g/mol. The second-order valence-electron chi connectivity index (χ2n) is 7.22. The maximum atomic E-state index is 12.2. The number of hydrogen-bond acceptors (Lipinski definition) is 8. The monoisotopic (exact) mass is 419 g/mol. The minimum absolute atomic E-state index is 0.142. The van der Waals surface area contributed by atoms with Gasteiger partial charge in [0, 0.05) is 17.9 Å². The van der Waals surface area contributed by atoms with Crippen molar-refractivity contribution in [2.75, 3.05) is 0 Å². The number of carbonyl (C=O) groups excluding carboxylic acids is 2. The number of nitrogens with one attached hydrogen (secondary N) is 3. The highest BCUT2D eigenvalue weighted by Crippen LogP contribution is 2.33. The second kappa shape index (κ2) is 8.78. The molecule has 3 aromatic rings. The first kappa shape index (κ1) is 20.3. The van der Waals surface area contributed by atoms with Crippen LogP contribution in [0.25, 0.3) is 17.0 Å². The maximum Gasteiger partial charge on any atom is 0.287 e. The fraction of sp³-hybridized carbons (Fsp3) is 0.300. The number of carbonyl (C=O) groups is 2. The lowest BCUT2D eigenvalue weighted by Crippen LogP contribution is -2.49. The van der Waals surface area contributed by atoms with Crippen LogP contribution in [0, 0.1) is 0 Å². The molecule has 0 radical (unpaired) electrons. The Morgan fingerprint density at radius 3 is 2.45 bits per heavy atom. The largest absolute Gasteiger partial charge is 0.342 e. The molecular weight excluding hydrogens is 398 g/mol. The molecule has 1 aliphatic heterocycles. The molecule has 0 saturated carbocycles. The molecule has 0 aliphatic carbocycles. The molecule has 0 bridgehead atoms. The number of ketones is 1. The summed E-state index contributed by atoms with van der Waals surface area (Å²) in [5.41, 5.74) is 3.59. The molecule has 158 valence electrons. The molecule has 2 atom stereocenters. The van der Waals surface area contributed by atoms with E-state index in [1.807, 2.05) is 50.3 Å². The first-order chi connectivity index (χ1) is 15.1. The van der Waals surface area contributed by atoms with Gasteiger partial charge in [0.05, 0.1) is 6.04 Å². The number of allylic oxidation sites excluding steroid dienone is 3. The predicted molar refractivity (Wildman–Crippen MR) is 110 cm³/mol. The molecule has 0 spiro atoms. The Bertz CT molecular complexity index is 1120. The zero-order valence-electron chi connectivity index (χ0n) is 17.0. The Morgan fingerprint density at radius 1 is 1.06 bits per heavy atom. The Hall–Kier alpha value is -4.02. The van der Waals surface area contributed by atoms with Crippen LogP contribution in [0.15, 0.2) is 42.0 Å². The van der Waals surface area contributed by atoms with Gasteiger partial charge in [-0.2, -0.15) is 10.4 Å². The van der Waals surface area contributed by atoms with Crippen molar-refractivity contribution in [3.8, 4) is 11.4 Å². The van der Waals surface area contributed by atoms with Gasteiger partial charge >= 0.3 is 0 Å². The van der Waals surface area contributed by atoms with Gasteiger partial charge in [-0.15, -0.1) is 20.4 Å². The standard InChI is InChI=1S/C20H21N9O2/c1-3-12(5-4-11(2)18-22-26-27-23-18)17-15(10-16(30)20(31)21-17)13-6-8-14(9-7-13)19-24-28-29-25-19/h4-9,15,17H,3,10H2,1-2H3,(H,21,31)(H,22,23,26,27)(H,24,25,28,29)/b11-4+,12-5+. The van der Waals surface area contributed by atoms with Gasteiger partial charge in [-0.1, -0.05) is 43.3 Å². The highest BCUT2D eigenvalue weighted by atomic mass is 16.2. The number of H-pyrrole nitrogens is 2. The van der Waals surface area contributed by atoms with Crippen molar-refractivity contribution in [3.63, 3.8) is 0 Å². The van der Waals surface area contributed by atoms with Crippen molar-refractivity contribution in [3.05, 3.63) is 53.4 Å². The summed E-state index contributed by atoms with van der Waals surface area (Å²) < 4.78 is 0. The van der Waals surface area contributed by atoms with Crippen molar-refractivity contribution in [2.45, 2.75) is 38.6 Å². The van der Waals surface area contributed by atoms with Gasteiger partial charge in [0.2, 0.25) is 11.6 Å². The van der Waals surface area contributed by atoms with E-state index in [9.17, 15) is 9.59 Å². The molecule has 11 heteroatoms. The van der Waals surface area contributed by atoms with E-state index in [1.54, 1.807) is 0 Å². The molecule has 31 heavy (non-hydrogen) atoms. The first-order valence-electron chi connectivity index (χ1n) is 9.85. The fourth-order valence-electron chi connectivity index (χ4n) is 3.63. The first-order valence-corrected chi connectivity index (χ1v) is 9.85. The van der Waals surface area contributed by atoms with Crippen LogP contribution >= 0.6 is 0 Å². The van der Waals surface area contributed by atoms with Crippen LogP contribution in [0.1, 0.15) is 44.0 Å². The third-order valence-electron chi connectivity index (χ3n) is 5.34. The van der Waals surface area contributed by atoms with E-state index in [1.165, 1.54) is 0 Å². The number of piperidine rings is 1. The summed E-state index contributed by atoms with van der Waals surface area (Å²) in [6.45, 7) is 3.90. The number of aromatic nitrogens is 8. The SMILES string of the molecule is CC/C(=C\C=C(/C)c1nn[nH]n1)C1NC(=O)C(=O)CC1c1ccc(-c2nn[nH]n2)cc1. The van der Waals surface area contributed by atoms with E-state index in [0.29, 0.717) is 18.1 Å². The molecule has 1 fully saturated rings. The summed E-state index contributed by atoms with van der Waals surface area (Å²) in [6.07, 6.45) is 4.69. The topological polar surface area (TPSA) is 155 Å². The summed E-state index contributed by atoms with van der Waals surface area (Å²) in [6, 6.07) is 7.33. The van der Waals surface area contributed by atoms with Crippen LogP contribution < -0.4 is 5.32 Å². The van der Waals surface area contributed by atoms with Gasteiger partial charge in [0.1, 0.15) is 0 Å². The van der Waals surface area contributed by atoms with E-state index < -0.39 is 11.7 Å².